The highest BCUT2D eigenvalue weighted by atomic mass is 16.5. The Morgan fingerprint density at radius 1 is 0.955 bits per heavy atom. The lowest BCUT2D eigenvalue weighted by Gasteiger charge is -2.08. The Labute approximate surface area is 134 Å². The van der Waals surface area contributed by atoms with E-state index in [9.17, 15) is 4.79 Å². The molecule has 0 heterocycles. The van der Waals surface area contributed by atoms with E-state index in [-0.39, 0.29) is 0 Å². The van der Waals surface area contributed by atoms with E-state index in [1.54, 1.807) is 12.1 Å². The molecule has 1 N–H and O–H groups in total. The van der Waals surface area contributed by atoms with Crippen LogP contribution in [0.5, 0.6) is 5.75 Å². The van der Waals surface area contributed by atoms with Gasteiger partial charge in [-0.05, 0) is 30.7 Å². The van der Waals surface area contributed by atoms with Crippen LogP contribution in [0.4, 0.5) is 10.5 Å². The molecule has 4 nitrogen and oxygen atoms in total. The third kappa shape index (κ3) is 8.55. The summed E-state index contributed by atoms with van der Waals surface area (Å²) in [6, 6.07) is 7.33. The van der Waals surface area contributed by atoms with Crippen LogP contribution in [0.25, 0.3) is 0 Å². The Balaban J connectivity index is 2.06. The highest BCUT2D eigenvalue weighted by molar-refractivity contribution is 5.84. The van der Waals surface area contributed by atoms with E-state index >= 15 is 0 Å². The van der Waals surface area contributed by atoms with Crippen molar-refractivity contribution in [2.24, 2.45) is 0 Å². The first-order chi connectivity index (χ1) is 10.8. The van der Waals surface area contributed by atoms with Gasteiger partial charge in [0.25, 0.3) is 0 Å². The second-order valence-corrected chi connectivity index (χ2v) is 5.46. The molecule has 4 heteroatoms. The van der Waals surface area contributed by atoms with Gasteiger partial charge in [0.05, 0.1) is 13.7 Å². The number of rotatable bonds is 11. The number of amides is 1. The summed E-state index contributed by atoms with van der Waals surface area (Å²) in [6.07, 6.45) is 9.91. The van der Waals surface area contributed by atoms with Gasteiger partial charge >= 0.3 is 6.09 Å². The molecule has 1 aromatic rings. The standard InChI is InChI=1S/C18H29NO3/c1-3-4-5-6-7-8-9-10-15-22-17-13-11-16(12-14-17)19-18(20)21-2/h11-14H,3-10,15H2,1-2H3,(H,19,20). The SMILES string of the molecule is CCCCCCCCCCOc1ccc(NC(=O)OC)cc1. The van der Waals surface area contributed by atoms with E-state index in [4.69, 9.17) is 4.74 Å². The van der Waals surface area contributed by atoms with Crippen molar-refractivity contribution in [2.75, 3.05) is 19.0 Å². The first-order valence-electron chi connectivity index (χ1n) is 8.34. The number of hydrogen-bond donors (Lipinski definition) is 1. The molecule has 0 unspecified atom stereocenters. The summed E-state index contributed by atoms with van der Waals surface area (Å²) in [5.41, 5.74) is 0.700. The zero-order valence-electron chi connectivity index (χ0n) is 13.9. The Hall–Kier alpha value is -1.71. The van der Waals surface area contributed by atoms with Crippen molar-refractivity contribution >= 4 is 11.8 Å². The molecule has 0 aromatic heterocycles. The van der Waals surface area contributed by atoms with Crippen molar-refractivity contribution in [3.63, 3.8) is 0 Å². The zero-order valence-corrected chi connectivity index (χ0v) is 13.9. The maximum atomic E-state index is 11.1. The van der Waals surface area contributed by atoms with E-state index in [2.05, 4.69) is 17.0 Å². The van der Waals surface area contributed by atoms with Crippen molar-refractivity contribution in [1.29, 1.82) is 0 Å². The average Bonchev–Trinajstić information content (AvgIpc) is 2.54. The molecular formula is C18H29NO3. The molecule has 0 fully saturated rings. The first kappa shape index (κ1) is 18.3. The first-order valence-corrected chi connectivity index (χ1v) is 8.34. The quantitative estimate of drug-likeness (QED) is 0.558. The van der Waals surface area contributed by atoms with Gasteiger partial charge in [-0.25, -0.2) is 4.79 Å². The minimum absolute atomic E-state index is 0.465. The Morgan fingerprint density at radius 3 is 2.14 bits per heavy atom. The normalized spacial score (nSPS) is 10.3. The fourth-order valence-corrected chi connectivity index (χ4v) is 2.23. The molecule has 0 spiro atoms. The topological polar surface area (TPSA) is 47.6 Å². The summed E-state index contributed by atoms with van der Waals surface area (Å²) in [5.74, 6) is 0.832. The molecule has 0 aliphatic rings. The lowest BCUT2D eigenvalue weighted by Crippen LogP contribution is -2.10. The van der Waals surface area contributed by atoms with Crippen molar-refractivity contribution < 1.29 is 14.3 Å². The fourth-order valence-electron chi connectivity index (χ4n) is 2.23. The van der Waals surface area contributed by atoms with Crippen LogP contribution < -0.4 is 10.1 Å². The summed E-state index contributed by atoms with van der Waals surface area (Å²) in [4.78, 5) is 11.1. The number of nitrogens with one attached hydrogen (secondary N) is 1. The summed E-state index contributed by atoms with van der Waals surface area (Å²) >= 11 is 0. The van der Waals surface area contributed by atoms with Crippen molar-refractivity contribution in [2.45, 2.75) is 58.3 Å². The van der Waals surface area contributed by atoms with Crippen LogP contribution in [0.3, 0.4) is 0 Å². The van der Waals surface area contributed by atoms with Gasteiger partial charge in [0, 0.05) is 5.69 Å². The molecule has 0 saturated heterocycles. The summed E-state index contributed by atoms with van der Waals surface area (Å²) in [5, 5.41) is 2.61. The van der Waals surface area contributed by atoms with Gasteiger partial charge in [-0.1, -0.05) is 51.9 Å². The van der Waals surface area contributed by atoms with Crippen molar-refractivity contribution in [3.8, 4) is 5.75 Å². The summed E-state index contributed by atoms with van der Waals surface area (Å²) in [6.45, 7) is 2.99. The number of carbonyl (C=O) groups excluding carboxylic acids is 1. The minimum Gasteiger partial charge on any atom is -0.494 e. The van der Waals surface area contributed by atoms with Crippen LogP contribution in [-0.2, 0) is 4.74 Å². The van der Waals surface area contributed by atoms with Gasteiger partial charge in [-0.2, -0.15) is 0 Å². The Kier molecular flexibility index (Phi) is 9.92. The van der Waals surface area contributed by atoms with Crippen LogP contribution in [0.15, 0.2) is 24.3 Å². The Morgan fingerprint density at radius 2 is 1.55 bits per heavy atom. The average molecular weight is 307 g/mol. The summed E-state index contributed by atoms with van der Waals surface area (Å²) < 4.78 is 10.2. The lowest BCUT2D eigenvalue weighted by atomic mass is 10.1. The monoisotopic (exact) mass is 307 g/mol. The van der Waals surface area contributed by atoms with Crippen LogP contribution in [0.1, 0.15) is 58.3 Å². The van der Waals surface area contributed by atoms with Crippen LogP contribution >= 0.6 is 0 Å². The molecule has 1 aromatic carbocycles. The maximum Gasteiger partial charge on any atom is 0.411 e. The number of ether oxygens (including phenoxy) is 2. The molecule has 0 atom stereocenters. The predicted octanol–water partition coefficient (Wildman–Crippen LogP) is 5.38. The maximum absolute atomic E-state index is 11.1. The van der Waals surface area contributed by atoms with Crippen LogP contribution in [0, 0.1) is 0 Å². The molecular weight excluding hydrogens is 278 g/mol. The smallest absolute Gasteiger partial charge is 0.411 e. The van der Waals surface area contributed by atoms with Crippen LogP contribution in [0.2, 0.25) is 0 Å². The number of unbranched alkanes of at least 4 members (excludes halogenated alkanes) is 7. The van der Waals surface area contributed by atoms with E-state index in [1.807, 2.05) is 12.1 Å². The number of benzene rings is 1. The predicted molar refractivity (Wildman–Crippen MR) is 90.6 cm³/mol. The third-order valence-corrected chi connectivity index (χ3v) is 3.55. The summed E-state index contributed by atoms with van der Waals surface area (Å²) in [7, 11) is 1.34. The number of carbonyl (C=O) groups is 1. The van der Waals surface area contributed by atoms with E-state index in [1.165, 1.54) is 52.1 Å². The largest absolute Gasteiger partial charge is 0.494 e. The molecule has 22 heavy (non-hydrogen) atoms. The van der Waals surface area contributed by atoms with Gasteiger partial charge in [0.1, 0.15) is 5.75 Å². The van der Waals surface area contributed by atoms with Crippen molar-refractivity contribution in [3.05, 3.63) is 24.3 Å². The van der Waals surface area contributed by atoms with Gasteiger partial charge in [0.2, 0.25) is 0 Å². The van der Waals surface area contributed by atoms with Gasteiger partial charge < -0.3 is 9.47 Å². The van der Waals surface area contributed by atoms with Gasteiger partial charge in [0.15, 0.2) is 0 Å². The molecule has 0 saturated carbocycles. The molecule has 0 bridgehead atoms. The van der Waals surface area contributed by atoms with Gasteiger partial charge in [-0.3, -0.25) is 5.32 Å². The fraction of sp³-hybridized carbons (Fsp3) is 0.611. The minimum atomic E-state index is -0.465. The number of hydrogen-bond acceptors (Lipinski definition) is 3. The van der Waals surface area contributed by atoms with Crippen molar-refractivity contribution in [1.82, 2.24) is 0 Å². The van der Waals surface area contributed by atoms with E-state index in [0.717, 1.165) is 18.8 Å². The Bertz CT molecular complexity index is 403. The zero-order chi connectivity index (χ0) is 16.0. The molecule has 1 rings (SSSR count). The molecule has 1 amide bonds. The second kappa shape index (κ2) is 11.9. The second-order valence-electron chi connectivity index (χ2n) is 5.46. The lowest BCUT2D eigenvalue weighted by molar-refractivity contribution is 0.187. The molecule has 124 valence electrons. The molecule has 0 radical (unpaired) electrons. The van der Waals surface area contributed by atoms with Crippen LogP contribution in [-0.4, -0.2) is 19.8 Å². The van der Waals surface area contributed by atoms with Gasteiger partial charge in [-0.15, -0.1) is 0 Å². The van der Waals surface area contributed by atoms with E-state index in [0.29, 0.717) is 5.69 Å². The molecule has 0 aliphatic heterocycles. The highest BCUT2D eigenvalue weighted by Gasteiger charge is 2.00. The highest BCUT2D eigenvalue weighted by Crippen LogP contribution is 2.16. The number of methoxy groups -OCH3 is 1. The number of anilines is 1. The van der Waals surface area contributed by atoms with E-state index < -0.39 is 6.09 Å². The third-order valence-electron chi connectivity index (χ3n) is 3.55. The molecule has 0 aliphatic carbocycles.